The van der Waals surface area contributed by atoms with Crippen molar-refractivity contribution < 1.29 is 13.9 Å². The van der Waals surface area contributed by atoms with E-state index in [1.807, 2.05) is 12.1 Å². The highest BCUT2D eigenvalue weighted by Gasteiger charge is 2.25. The highest BCUT2D eigenvalue weighted by molar-refractivity contribution is 5.88. The first-order valence-corrected chi connectivity index (χ1v) is 7.85. The average Bonchev–Trinajstić information content (AvgIpc) is 3.23. The van der Waals surface area contributed by atoms with Crippen molar-refractivity contribution in [1.29, 1.82) is 0 Å². The molecule has 1 fully saturated rings. The third-order valence-electron chi connectivity index (χ3n) is 3.71. The number of carbonyl (C=O) groups excluding carboxylic acids is 1. The quantitative estimate of drug-likeness (QED) is 0.843. The molecular weight excluding hydrogens is 296 g/mol. The van der Waals surface area contributed by atoms with Gasteiger partial charge in [0, 0.05) is 6.20 Å². The van der Waals surface area contributed by atoms with Crippen molar-refractivity contribution in [2.24, 2.45) is 0 Å². The summed E-state index contributed by atoms with van der Waals surface area (Å²) in [4.78, 5) is 21.8. The highest BCUT2D eigenvalue weighted by Crippen LogP contribution is 2.24. The first kappa shape index (κ1) is 15.3. The number of aromatic nitrogens is 2. The van der Waals surface area contributed by atoms with Gasteiger partial charge in [-0.15, -0.1) is 0 Å². The van der Waals surface area contributed by atoms with Gasteiger partial charge in [-0.3, -0.25) is 4.90 Å². The largest absolute Gasteiger partial charge is 0.467 e. The van der Waals surface area contributed by atoms with Crippen LogP contribution < -0.4 is 10.2 Å². The maximum atomic E-state index is 11.6. The van der Waals surface area contributed by atoms with Gasteiger partial charge in [-0.2, -0.15) is 4.98 Å². The fraction of sp³-hybridized carbons (Fsp3) is 0.438. The van der Waals surface area contributed by atoms with Gasteiger partial charge in [0.2, 0.25) is 5.95 Å². The number of carbonyl (C=O) groups is 1. The van der Waals surface area contributed by atoms with Crippen LogP contribution in [0.5, 0.6) is 0 Å². The molecule has 7 heteroatoms. The molecule has 7 nitrogen and oxygen atoms in total. The van der Waals surface area contributed by atoms with Crippen LogP contribution in [0.2, 0.25) is 0 Å². The Morgan fingerprint density at radius 1 is 1.43 bits per heavy atom. The zero-order valence-corrected chi connectivity index (χ0v) is 13.1. The lowest BCUT2D eigenvalue weighted by molar-refractivity contribution is 0.181. The van der Waals surface area contributed by atoms with Crippen LogP contribution in [-0.2, 0) is 4.74 Å². The minimum Gasteiger partial charge on any atom is -0.467 e. The van der Waals surface area contributed by atoms with E-state index in [2.05, 4.69) is 22.2 Å². The Bertz CT molecular complexity index is 645. The van der Waals surface area contributed by atoms with Crippen LogP contribution in [0.15, 0.2) is 35.1 Å². The second kappa shape index (κ2) is 7.13. The normalized spacial score (nSPS) is 15.5. The molecule has 0 radical (unpaired) electrons. The first-order chi connectivity index (χ1) is 11.3. The fourth-order valence-corrected chi connectivity index (χ4v) is 2.51. The second-order valence-electron chi connectivity index (χ2n) is 5.36. The van der Waals surface area contributed by atoms with Crippen LogP contribution in [0.25, 0.3) is 0 Å². The Hall–Kier alpha value is -2.57. The number of ether oxygens (including phenoxy) is 1. The molecule has 0 aliphatic carbocycles. The molecule has 1 amide bonds. The van der Waals surface area contributed by atoms with Crippen molar-refractivity contribution in [2.45, 2.75) is 32.2 Å². The highest BCUT2D eigenvalue weighted by atomic mass is 16.6. The zero-order valence-electron chi connectivity index (χ0n) is 13.1. The standard InChI is InChI=1S/C16H20N4O3/c1-2-3-5-12(13-6-4-10-22-13)18-15-17-8-7-14(19-15)20-9-11-23-16(20)21/h4,6-8,10,12H,2-3,5,9,11H2,1H3,(H,17,18,19). The summed E-state index contributed by atoms with van der Waals surface area (Å²) in [5.74, 6) is 1.87. The zero-order chi connectivity index (χ0) is 16.1. The van der Waals surface area contributed by atoms with Crippen LogP contribution in [0, 0.1) is 0 Å². The molecule has 23 heavy (non-hydrogen) atoms. The molecule has 0 bridgehead atoms. The molecule has 0 aromatic carbocycles. The van der Waals surface area contributed by atoms with Gasteiger partial charge in [0.15, 0.2) is 0 Å². The molecule has 0 saturated carbocycles. The van der Waals surface area contributed by atoms with Gasteiger partial charge < -0.3 is 14.5 Å². The first-order valence-electron chi connectivity index (χ1n) is 7.85. The molecule has 2 aromatic heterocycles. The summed E-state index contributed by atoms with van der Waals surface area (Å²) in [5.41, 5.74) is 0. The Balaban J connectivity index is 1.76. The van der Waals surface area contributed by atoms with Crippen molar-refractivity contribution in [2.75, 3.05) is 23.4 Å². The van der Waals surface area contributed by atoms with Crippen LogP contribution >= 0.6 is 0 Å². The Kier molecular flexibility index (Phi) is 4.75. The van der Waals surface area contributed by atoms with E-state index in [-0.39, 0.29) is 12.1 Å². The summed E-state index contributed by atoms with van der Waals surface area (Å²) in [6.07, 6.45) is 6.00. The number of anilines is 2. The Morgan fingerprint density at radius 3 is 3.04 bits per heavy atom. The minimum absolute atomic E-state index is 0.00531. The smallest absolute Gasteiger partial charge is 0.415 e. The predicted octanol–water partition coefficient (Wildman–Crippen LogP) is 3.37. The Labute approximate surface area is 134 Å². The van der Waals surface area contributed by atoms with Crippen molar-refractivity contribution in [3.05, 3.63) is 36.4 Å². The SMILES string of the molecule is CCCCC(Nc1nccc(N2CCOC2=O)n1)c1ccco1. The summed E-state index contributed by atoms with van der Waals surface area (Å²) in [5, 5.41) is 3.30. The number of cyclic esters (lactones) is 1. The number of nitrogens with one attached hydrogen (secondary N) is 1. The number of furan rings is 1. The van der Waals surface area contributed by atoms with Gasteiger partial charge in [0.25, 0.3) is 0 Å². The van der Waals surface area contributed by atoms with Crippen molar-refractivity contribution >= 4 is 17.9 Å². The van der Waals surface area contributed by atoms with E-state index in [9.17, 15) is 4.79 Å². The van der Waals surface area contributed by atoms with Crippen molar-refractivity contribution in [3.8, 4) is 0 Å². The van der Waals surface area contributed by atoms with Crippen LogP contribution in [-0.4, -0.2) is 29.2 Å². The van der Waals surface area contributed by atoms with Gasteiger partial charge in [-0.1, -0.05) is 19.8 Å². The Morgan fingerprint density at radius 2 is 2.35 bits per heavy atom. The number of rotatable bonds is 7. The van der Waals surface area contributed by atoms with E-state index in [0.29, 0.717) is 24.9 Å². The molecule has 1 unspecified atom stereocenters. The number of hydrogen-bond donors (Lipinski definition) is 1. The lowest BCUT2D eigenvalue weighted by Gasteiger charge is -2.18. The number of nitrogens with zero attached hydrogens (tertiary/aromatic N) is 3. The molecule has 1 aliphatic heterocycles. The summed E-state index contributed by atoms with van der Waals surface area (Å²) in [6, 6.07) is 5.51. The van der Waals surface area contributed by atoms with Crippen LogP contribution in [0.1, 0.15) is 38.0 Å². The monoisotopic (exact) mass is 316 g/mol. The molecule has 1 N–H and O–H groups in total. The van der Waals surface area contributed by atoms with Crippen molar-refractivity contribution in [1.82, 2.24) is 9.97 Å². The molecule has 1 saturated heterocycles. The summed E-state index contributed by atoms with van der Waals surface area (Å²) in [7, 11) is 0. The van der Waals surface area contributed by atoms with E-state index in [1.165, 1.54) is 4.90 Å². The number of hydrogen-bond acceptors (Lipinski definition) is 6. The maximum Gasteiger partial charge on any atom is 0.415 e. The lowest BCUT2D eigenvalue weighted by Crippen LogP contribution is -2.25. The molecule has 1 atom stereocenters. The summed E-state index contributed by atoms with van der Waals surface area (Å²) < 4.78 is 10.5. The summed E-state index contributed by atoms with van der Waals surface area (Å²) in [6.45, 7) is 3.04. The van der Waals surface area contributed by atoms with Crippen molar-refractivity contribution in [3.63, 3.8) is 0 Å². The molecule has 3 heterocycles. The third-order valence-corrected chi connectivity index (χ3v) is 3.71. The van der Waals surface area contributed by atoms with E-state index in [0.717, 1.165) is 25.0 Å². The molecule has 1 aliphatic rings. The topological polar surface area (TPSA) is 80.5 Å². The lowest BCUT2D eigenvalue weighted by atomic mass is 10.1. The molecule has 122 valence electrons. The van der Waals surface area contributed by atoms with Crippen LogP contribution in [0.4, 0.5) is 16.6 Å². The van der Waals surface area contributed by atoms with Crippen LogP contribution in [0.3, 0.4) is 0 Å². The number of unbranched alkanes of at least 4 members (excludes halogenated alkanes) is 1. The van der Waals surface area contributed by atoms with Gasteiger partial charge >= 0.3 is 6.09 Å². The van der Waals surface area contributed by atoms with E-state index in [4.69, 9.17) is 9.15 Å². The van der Waals surface area contributed by atoms with E-state index in [1.54, 1.807) is 18.5 Å². The van der Waals surface area contributed by atoms with Gasteiger partial charge in [0.1, 0.15) is 18.2 Å². The second-order valence-corrected chi connectivity index (χ2v) is 5.36. The average molecular weight is 316 g/mol. The molecular formula is C16H20N4O3. The van der Waals surface area contributed by atoms with E-state index < -0.39 is 0 Å². The maximum absolute atomic E-state index is 11.6. The van der Waals surface area contributed by atoms with E-state index >= 15 is 0 Å². The summed E-state index contributed by atoms with van der Waals surface area (Å²) >= 11 is 0. The van der Waals surface area contributed by atoms with Gasteiger partial charge in [-0.05, 0) is 24.6 Å². The molecule has 3 rings (SSSR count). The minimum atomic E-state index is -0.372. The van der Waals surface area contributed by atoms with Gasteiger partial charge in [0.05, 0.1) is 18.8 Å². The predicted molar refractivity (Wildman–Crippen MR) is 85.3 cm³/mol. The molecule has 0 spiro atoms. The molecule has 2 aromatic rings. The fourth-order valence-electron chi connectivity index (χ4n) is 2.51. The third kappa shape index (κ3) is 3.61. The number of amides is 1. The van der Waals surface area contributed by atoms with Gasteiger partial charge in [-0.25, -0.2) is 9.78 Å².